The van der Waals surface area contributed by atoms with Crippen LogP contribution in [0.5, 0.6) is 11.5 Å². The number of hydrogen-bond donors (Lipinski definition) is 4. The summed E-state index contributed by atoms with van der Waals surface area (Å²) >= 11 is 0. The normalized spacial score (nSPS) is 23.2. The van der Waals surface area contributed by atoms with Gasteiger partial charge in [0.1, 0.15) is 6.10 Å². The minimum absolute atomic E-state index is 0.0570. The predicted octanol–water partition coefficient (Wildman–Crippen LogP) is 2.57. The Labute approximate surface area is 274 Å². The highest BCUT2D eigenvalue weighted by atomic mass is 32.2. The van der Waals surface area contributed by atoms with Gasteiger partial charge in [0.2, 0.25) is 22.2 Å². The van der Waals surface area contributed by atoms with Gasteiger partial charge >= 0.3 is 6.09 Å². The number of hydrogen-bond acceptors (Lipinski definition) is 11. The molecule has 47 heavy (non-hydrogen) atoms. The van der Waals surface area contributed by atoms with E-state index >= 15 is 0 Å². The Hall–Kier alpha value is -3.47. The molecule has 5 rings (SSSR count). The quantitative estimate of drug-likeness (QED) is 0.170. The smallest absolute Gasteiger partial charge is 0.407 e. The Balaban J connectivity index is 1.18. The van der Waals surface area contributed by atoms with Crippen molar-refractivity contribution in [1.29, 1.82) is 0 Å². The van der Waals surface area contributed by atoms with E-state index in [1.165, 1.54) is 25.1 Å². The lowest BCUT2D eigenvalue weighted by atomic mass is 9.85. The molecule has 0 aliphatic carbocycles. The summed E-state index contributed by atoms with van der Waals surface area (Å²) in [5.41, 5.74) is 0.458. The van der Waals surface area contributed by atoms with Crippen molar-refractivity contribution in [2.45, 2.75) is 82.2 Å². The summed E-state index contributed by atoms with van der Waals surface area (Å²) in [7, 11) is -4.10. The second-order valence-electron chi connectivity index (χ2n) is 12.9. The molecule has 2 saturated heterocycles. The number of aliphatic hydroxyl groups excluding tert-OH is 1. The van der Waals surface area contributed by atoms with Crippen LogP contribution in [-0.4, -0.2) is 92.9 Å². The van der Waals surface area contributed by atoms with Crippen LogP contribution in [0, 0.1) is 11.3 Å². The van der Waals surface area contributed by atoms with Crippen molar-refractivity contribution in [3.8, 4) is 11.5 Å². The highest BCUT2D eigenvalue weighted by Gasteiger charge is 2.44. The number of sulfonamides is 1. The van der Waals surface area contributed by atoms with Gasteiger partial charge in [0.25, 0.3) is 0 Å². The number of fused-ring (bicyclic) bond motifs is 2. The van der Waals surface area contributed by atoms with Crippen LogP contribution in [-0.2, 0) is 35.4 Å². The Morgan fingerprint density at radius 3 is 2.60 bits per heavy atom. The number of aliphatic hydroxyl groups is 1. The lowest BCUT2D eigenvalue weighted by molar-refractivity contribution is -0.164. The molecule has 2 fully saturated rings. The van der Waals surface area contributed by atoms with Gasteiger partial charge in [-0.2, -0.15) is 0 Å². The predicted molar refractivity (Wildman–Crippen MR) is 166 cm³/mol. The van der Waals surface area contributed by atoms with Crippen molar-refractivity contribution in [3.05, 3.63) is 54.1 Å². The van der Waals surface area contributed by atoms with Crippen molar-refractivity contribution in [2.24, 2.45) is 11.3 Å². The van der Waals surface area contributed by atoms with E-state index in [0.29, 0.717) is 36.7 Å². The first-order chi connectivity index (χ1) is 22.3. The zero-order chi connectivity index (χ0) is 33.8. The molecular weight excluding hydrogens is 634 g/mol. The number of carbonyl (C=O) groups is 2. The van der Waals surface area contributed by atoms with Crippen LogP contribution >= 0.6 is 0 Å². The second-order valence-corrected chi connectivity index (χ2v) is 14.6. The van der Waals surface area contributed by atoms with Crippen LogP contribution in [0.25, 0.3) is 0 Å². The number of alkyl carbamates (subject to hydrolysis) is 1. The Bertz CT molecular complexity index is 1510. The Kier molecular flexibility index (Phi) is 10.9. The maximum Gasteiger partial charge on any atom is 0.407 e. The minimum Gasteiger partial charge on any atom is -0.451 e. The molecule has 0 spiro atoms. The van der Waals surface area contributed by atoms with Crippen LogP contribution in [0.4, 0.5) is 4.79 Å². The molecule has 4 N–H and O–H groups in total. The fourth-order valence-electron chi connectivity index (χ4n) is 5.80. The number of amides is 2. The molecule has 258 valence electrons. The third-order valence-corrected chi connectivity index (χ3v) is 10.0. The summed E-state index contributed by atoms with van der Waals surface area (Å²) in [5, 5.41) is 24.2. The van der Waals surface area contributed by atoms with E-state index in [1.807, 2.05) is 44.2 Å². The monoisotopic (exact) mass is 677 g/mol. The highest BCUT2D eigenvalue weighted by molar-refractivity contribution is 7.89. The molecule has 15 heteroatoms. The average Bonchev–Trinajstić information content (AvgIpc) is 3.75. The summed E-state index contributed by atoms with van der Waals surface area (Å²) in [4.78, 5) is 24.1. The second kappa shape index (κ2) is 14.7. The standard InChI is InChI=1S/C32H43N3O11S/c1-20(36)35(39)13-12-32(2,3)17-29-44-26-10-9-22(16-27(26)45-29)47(40,41)33-18-25(37)24(15-21-7-5-4-6-8-21)34-31(38)46-28-19-43-30-23(28)11-14-42-30/h4-10,16,23-25,28-30,33,37,39H,11-15,17-19H2,1-3H3,(H,34,38)/t23-,24-,25+,28-,29?,30+/m0/s1. The molecule has 0 bridgehead atoms. The van der Waals surface area contributed by atoms with E-state index in [9.17, 15) is 28.3 Å². The SMILES string of the molecule is CC(=O)N(O)CCC(C)(C)CC1Oc2ccc(S(=O)(=O)NC[C@@H](O)[C@H](Cc3ccccc3)NC(=O)O[C@H]3CO[C@H]4OCC[C@H]43)cc2O1. The zero-order valence-electron chi connectivity index (χ0n) is 26.7. The number of benzene rings is 2. The number of rotatable bonds is 14. The van der Waals surface area contributed by atoms with E-state index in [4.69, 9.17) is 23.7 Å². The van der Waals surface area contributed by atoms with Crippen molar-refractivity contribution in [3.63, 3.8) is 0 Å². The summed E-state index contributed by atoms with van der Waals surface area (Å²) in [6, 6.07) is 12.6. The molecule has 2 aromatic rings. The van der Waals surface area contributed by atoms with Gasteiger partial charge < -0.3 is 34.1 Å². The van der Waals surface area contributed by atoms with Crippen LogP contribution < -0.4 is 19.5 Å². The van der Waals surface area contributed by atoms with Crippen LogP contribution in [0.1, 0.15) is 45.6 Å². The number of carbonyl (C=O) groups excluding carboxylic acids is 2. The van der Waals surface area contributed by atoms with Gasteiger partial charge in [-0.05, 0) is 42.4 Å². The maximum atomic E-state index is 13.3. The third-order valence-electron chi connectivity index (χ3n) is 8.62. The van der Waals surface area contributed by atoms with Gasteiger partial charge in [0.05, 0.1) is 36.2 Å². The van der Waals surface area contributed by atoms with Gasteiger partial charge in [0, 0.05) is 32.5 Å². The summed E-state index contributed by atoms with van der Waals surface area (Å²) in [6.07, 6.45) is -1.77. The molecule has 0 saturated carbocycles. The van der Waals surface area contributed by atoms with Crippen LogP contribution in [0.3, 0.4) is 0 Å². The summed E-state index contributed by atoms with van der Waals surface area (Å²) in [6.45, 7) is 5.68. The van der Waals surface area contributed by atoms with Crippen LogP contribution in [0.2, 0.25) is 0 Å². The topological polar surface area (TPSA) is 182 Å². The highest BCUT2D eigenvalue weighted by Crippen LogP contribution is 2.40. The average molecular weight is 678 g/mol. The lowest BCUT2D eigenvalue weighted by Crippen LogP contribution is -2.50. The third kappa shape index (κ3) is 9.12. The fraction of sp³-hybridized carbons (Fsp3) is 0.562. The van der Waals surface area contributed by atoms with E-state index < -0.39 is 59.4 Å². The maximum absolute atomic E-state index is 13.3. The first-order valence-corrected chi connectivity index (χ1v) is 17.1. The first-order valence-electron chi connectivity index (χ1n) is 15.7. The van der Waals surface area contributed by atoms with Gasteiger partial charge in [-0.15, -0.1) is 0 Å². The molecule has 3 aliphatic heterocycles. The Morgan fingerprint density at radius 2 is 1.85 bits per heavy atom. The molecule has 14 nitrogen and oxygen atoms in total. The molecule has 2 aromatic carbocycles. The van der Waals surface area contributed by atoms with Gasteiger partial charge in [0.15, 0.2) is 17.8 Å². The summed E-state index contributed by atoms with van der Waals surface area (Å²) < 4.78 is 57.4. The van der Waals surface area contributed by atoms with Gasteiger partial charge in [-0.1, -0.05) is 44.2 Å². The fourth-order valence-corrected chi connectivity index (χ4v) is 6.86. The Morgan fingerprint density at radius 1 is 1.11 bits per heavy atom. The number of nitrogens with zero attached hydrogens (tertiary/aromatic N) is 1. The molecular formula is C32H43N3O11S. The summed E-state index contributed by atoms with van der Waals surface area (Å²) in [5.74, 6) is 0.123. The number of ether oxygens (including phenoxy) is 5. The molecule has 2 amide bonds. The van der Waals surface area contributed by atoms with E-state index in [1.54, 1.807) is 0 Å². The van der Waals surface area contributed by atoms with Crippen molar-refractivity contribution in [2.75, 3.05) is 26.3 Å². The van der Waals surface area contributed by atoms with Gasteiger partial charge in [-0.3, -0.25) is 10.0 Å². The van der Waals surface area contributed by atoms with Gasteiger partial charge in [-0.25, -0.2) is 23.0 Å². The first kappa shape index (κ1) is 34.9. The molecule has 1 unspecified atom stereocenters. The number of hydroxylamine groups is 2. The largest absolute Gasteiger partial charge is 0.451 e. The van der Waals surface area contributed by atoms with E-state index in [2.05, 4.69) is 10.0 Å². The molecule has 3 aliphatic rings. The zero-order valence-corrected chi connectivity index (χ0v) is 27.5. The van der Waals surface area contributed by atoms with Crippen molar-refractivity contribution >= 4 is 22.0 Å². The molecule has 0 radical (unpaired) electrons. The molecule has 0 aromatic heterocycles. The molecule has 3 heterocycles. The van der Waals surface area contributed by atoms with Crippen molar-refractivity contribution < 1.29 is 52.0 Å². The molecule has 6 atom stereocenters. The van der Waals surface area contributed by atoms with E-state index in [0.717, 1.165) is 5.56 Å². The van der Waals surface area contributed by atoms with Crippen LogP contribution in [0.15, 0.2) is 53.4 Å². The minimum atomic E-state index is -4.10. The number of nitrogens with one attached hydrogen (secondary N) is 2. The van der Waals surface area contributed by atoms with Crippen molar-refractivity contribution in [1.82, 2.24) is 15.1 Å². The van der Waals surface area contributed by atoms with E-state index in [-0.39, 0.29) is 41.6 Å². The lowest BCUT2D eigenvalue weighted by Gasteiger charge is -2.28.